The minimum absolute atomic E-state index is 0.0340. The third-order valence-electron chi connectivity index (χ3n) is 4.67. The summed E-state index contributed by atoms with van der Waals surface area (Å²) in [7, 11) is 0. The van der Waals surface area contributed by atoms with Gasteiger partial charge in [0.25, 0.3) is 0 Å². The number of nitrogens with two attached hydrogens (primary N) is 2. The van der Waals surface area contributed by atoms with Crippen molar-refractivity contribution in [2.24, 2.45) is 28.2 Å². The van der Waals surface area contributed by atoms with E-state index in [4.69, 9.17) is 21.3 Å². The Kier molecular flexibility index (Phi) is 10.3. The predicted octanol–water partition coefficient (Wildman–Crippen LogP) is 4.25. The van der Waals surface area contributed by atoms with Gasteiger partial charge in [-0.25, -0.2) is 0 Å². The lowest BCUT2D eigenvalue weighted by Crippen LogP contribution is -2.44. The molecule has 5 N–H and O–H groups in total. The van der Waals surface area contributed by atoms with Crippen LogP contribution in [0.5, 0.6) is 0 Å². The van der Waals surface area contributed by atoms with Crippen LogP contribution >= 0.6 is 0 Å². The molecule has 5 heteroatoms. The number of aliphatic hydroxyl groups is 1. The fourth-order valence-corrected chi connectivity index (χ4v) is 3.01. The van der Waals surface area contributed by atoms with Crippen molar-refractivity contribution in [2.75, 3.05) is 6.61 Å². The molecule has 0 heterocycles. The van der Waals surface area contributed by atoms with Crippen LogP contribution in [0.15, 0.2) is 0 Å². The lowest BCUT2D eigenvalue weighted by Gasteiger charge is -2.35. The third kappa shape index (κ3) is 14.1. The predicted molar refractivity (Wildman–Crippen MR) is 115 cm³/mol. The Morgan fingerprint density at radius 3 is 1.44 bits per heavy atom. The molecule has 0 aromatic heterocycles. The van der Waals surface area contributed by atoms with Gasteiger partial charge in [-0.2, -0.15) is 0 Å². The third-order valence-corrected chi connectivity index (χ3v) is 4.67. The molecular weight excluding hydrogens is 340 g/mol. The van der Waals surface area contributed by atoms with Crippen LogP contribution in [0.4, 0.5) is 0 Å². The van der Waals surface area contributed by atoms with E-state index in [-0.39, 0.29) is 18.1 Å². The van der Waals surface area contributed by atoms with E-state index >= 15 is 0 Å². The van der Waals surface area contributed by atoms with E-state index in [1.165, 1.54) is 0 Å². The van der Waals surface area contributed by atoms with Gasteiger partial charge in [-0.1, -0.05) is 27.7 Å². The van der Waals surface area contributed by atoms with E-state index < -0.39 is 16.6 Å². The molecule has 164 valence electrons. The molecule has 5 nitrogen and oxygen atoms in total. The Balaban J connectivity index is 0. The molecule has 0 amide bonds. The van der Waals surface area contributed by atoms with E-state index in [0.717, 1.165) is 6.42 Å². The molecule has 0 saturated carbocycles. The first-order valence-corrected chi connectivity index (χ1v) is 9.97. The molecule has 0 aliphatic heterocycles. The van der Waals surface area contributed by atoms with Crippen molar-refractivity contribution in [3.8, 4) is 0 Å². The normalized spacial score (nSPS) is 13.9. The van der Waals surface area contributed by atoms with Crippen molar-refractivity contribution >= 4 is 5.97 Å². The molecule has 0 aliphatic rings. The van der Waals surface area contributed by atoms with Crippen LogP contribution in [0, 0.1) is 16.7 Å². The molecule has 0 radical (unpaired) electrons. The van der Waals surface area contributed by atoms with Crippen LogP contribution in [0.1, 0.15) is 95.9 Å². The molecule has 0 atom stereocenters. The number of carbonyl (C=O) groups is 1. The first-order chi connectivity index (χ1) is 11.5. The summed E-state index contributed by atoms with van der Waals surface area (Å²) >= 11 is 0. The Hall–Kier alpha value is -0.650. The fourth-order valence-electron chi connectivity index (χ4n) is 3.01. The van der Waals surface area contributed by atoms with Crippen molar-refractivity contribution in [3.63, 3.8) is 0 Å². The zero-order valence-electron chi connectivity index (χ0n) is 20.1. The second kappa shape index (κ2) is 9.71. The number of rotatable bonds is 8. The van der Waals surface area contributed by atoms with Gasteiger partial charge in [0, 0.05) is 11.1 Å². The maximum Gasteiger partial charge on any atom is 0.312 e. The minimum Gasteiger partial charge on any atom is -0.457 e. The quantitative estimate of drug-likeness (QED) is 0.540. The van der Waals surface area contributed by atoms with Crippen LogP contribution in [0.25, 0.3) is 0 Å². The summed E-state index contributed by atoms with van der Waals surface area (Å²) in [6.45, 7) is 23.8. The van der Waals surface area contributed by atoms with Gasteiger partial charge in [-0.3, -0.25) is 4.79 Å². The largest absolute Gasteiger partial charge is 0.457 e. The van der Waals surface area contributed by atoms with Crippen molar-refractivity contribution in [1.82, 2.24) is 0 Å². The molecule has 0 aromatic carbocycles. The first-order valence-electron chi connectivity index (χ1n) is 9.97. The number of hydrogen-bond donors (Lipinski definition) is 3. The highest BCUT2D eigenvalue weighted by atomic mass is 16.6. The van der Waals surface area contributed by atoms with Gasteiger partial charge in [0.1, 0.15) is 5.60 Å². The summed E-state index contributed by atoms with van der Waals surface area (Å²) in [5.74, 6) is 0.371. The zero-order chi connectivity index (χ0) is 22.5. The van der Waals surface area contributed by atoms with Crippen molar-refractivity contribution in [1.29, 1.82) is 0 Å². The zero-order valence-corrected chi connectivity index (χ0v) is 20.1. The number of esters is 1. The Morgan fingerprint density at radius 2 is 1.22 bits per heavy atom. The molecule has 0 fully saturated rings. The summed E-state index contributed by atoms with van der Waals surface area (Å²) < 4.78 is 5.25. The second-order valence-corrected chi connectivity index (χ2v) is 11.7. The molecule has 0 aliphatic carbocycles. The van der Waals surface area contributed by atoms with Gasteiger partial charge in [0.2, 0.25) is 0 Å². The lowest BCUT2D eigenvalue weighted by atomic mass is 9.73. The average Bonchev–Trinajstić information content (AvgIpc) is 2.33. The van der Waals surface area contributed by atoms with E-state index in [0.29, 0.717) is 17.8 Å². The monoisotopic (exact) mass is 388 g/mol. The van der Waals surface area contributed by atoms with Crippen molar-refractivity contribution in [2.45, 2.75) is 113 Å². The van der Waals surface area contributed by atoms with Gasteiger partial charge in [0.15, 0.2) is 0 Å². The van der Waals surface area contributed by atoms with Crippen molar-refractivity contribution in [3.05, 3.63) is 0 Å². The van der Waals surface area contributed by atoms with Gasteiger partial charge in [0.05, 0.1) is 12.0 Å². The number of carbonyl (C=O) groups excluding carboxylic acids is 1. The summed E-state index contributed by atoms with van der Waals surface area (Å²) in [5.41, 5.74) is 10.3. The minimum atomic E-state index is -0.840. The molecule has 0 bridgehead atoms. The average molecular weight is 389 g/mol. The topological polar surface area (TPSA) is 98.6 Å². The maximum absolute atomic E-state index is 11.9. The van der Waals surface area contributed by atoms with Crippen LogP contribution in [-0.4, -0.2) is 34.4 Å². The second-order valence-electron chi connectivity index (χ2n) is 11.7. The van der Waals surface area contributed by atoms with Gasteiger partial charge >= 0.3 is 5.97 Å². The molecule has 0 unspecified atom stereocenters. The molecule has 0 aromatic rings. The summed E-state index contributed by atoms with van der Waals surface area (Å²) in [4.78, 5) is 11.9. The lowest BCUT2D eigenvalue weighted by molar-refractivity contribution is -0.171. The standard InChI is InChI=1S/C12H25NO3.C10H23N/c1-10(2,7-11(3,4)13)9(15)16-12(5,6)8-14;1-8(2)9(3,4)7-10(5,6)11/h14H,7-8,13H2,1-6H3;8H,7,11H2,1-6H3. The van der Waals surface area contributed by atoms with Crippen LogP contribution < -0.4 is 11.5 Å². The van der Waals surface area contributed by atoms with E-state index in [2.05, 4.69) is 41.5 Å². The van der Waals surface area contributed by atoms with Gasteiger partial charge in [-0.15, -0.1) is 0 Å². The summed E-state index contributed by atoms with van der Waals surface area (Å²) in [6, 6.07) is 0. The SMILES string of the molecule is CC(C)(N)CC(C)(C)C(=O)OC(C)(C)CO.CC(C)C(C)(C)CC(C)(C)N. The fraction of sp³-hybridized carbons (Fsp3) is 0.955. The van der Waals surface area contributed by atoms with E-state index in [1.54, 1.807) is 27.7 Å². The summed E-state index contributed by atoms with van der Waals surface area (Å²) in [5, 5.41) is 9.04. The molecular formula is C22H48N2O3. The number of ether oxygens (including phenoxy) is 1. The Morgan fingerprint density at radius 1 is 0.852 bits per heavy atom. The highest BCUT2D eigenvalue weighted by Crippen LogP contribution is 2.34. The van der Waals surface area contributed by atoms with Gasteiger partial charge in [-0.05, 0) is 79.6 Å². The summed E-state index contributed by atoms with van der Waals surface area (Å²) in [6.07, 6.45) is 1.61. The molecule has 27 heavy (non-hydrogen) atoms. The van der Waals surface area contributed by atoms with E-state index in [1.807, 2.05) is 13.8 Å². The van der Waals surface area contributed by atoms with Crippen LogP contribution in [-0.2, 0) is 9.53 Å². The molecule has 0 rings (SSSR count). The highest BCUT2D eigenvalue weighted by molar-refractivity contribution is 5.76. The number of hydrogen-bond acceptors (Lipinski definition) is 5. The smallest absolute Gasteiger partial charge is 0.312 e. The van der Waals surface area contributed by atoms with Crippen LogP contribution in [0.2, 0.25) is 0 Å². The highest BCUT2D eigenvalue weighted by Gasteiger charge is 2.37. The van der Waals surface area contributed by atoms with E-state index in [9.17, 15) is 4.79 Å². The van der Waals surface area contributed by atoms with Gasteiger partial charge < -0.3 is 21.3 Å². The maximum atomic E-state index is 11.9. The Bertz CT molecular complexity index is 453. The molecule has 0 saturated heterocycles. The number of aliphatic hydroxyl groups excluding tert-OH is 1. The van der Waals surface area contributed by atoms with Crippen LogP contribution in [0.3, 0.4) is 0 Å². The molecule has 0 spiro atoms. The first kappa shape index (κ1) is 28.6. The van der Waals surface area contributed by atoms with Crippen molar-refractivity contribution < 1.29 is 14.6 Å². The Labute approximate surface area is 168 Å².